The SMILES string of the molecule is CCC(C)CC(=O)C1(C(=O)O)N(C(=O)C(NC(=O)C2CCCN2)(C(=O)C2CCCC2)C(NC)(C(=O)CC2CCCC2)N(C)C(=O)CCCc2ccccc2)C(NC)(C(=O)CCC(=O)N(C)C)C1(NC)NC(=O)CCC(C)C. The number of aliphatic carboxylic acids is 1. The Morgan fingerprint density at radius 2 is 1.43 bits per heavy atom. The first-order valence-electron chi connectivity index (χ1n) is 28.2. The Hall–Kier alpha value is -5.44. The lowest BCUT2D eigenvalue weighted by molar-refractivity contribution is -0.248. The Balaban J connectivity index is 2.01. The van der Waals surface area contributed by atoms with Gasteiger partial charge in [0.2, 0.25) is 34.7 Å². The zero-order chi connectivity index (χ0) is 57.1. The van der Waals surface area contributed by atoms with Crippen molar-refractivity contribution in [2.24, 2.45) is 23.7 Å². The summed E-state index contributed by atoms with van der Waals surface area (Å²) in [5.41, 5.74) is -14.4. The molecule has 0 aromatic heterocycles. The maximum absolute atomic E-state index is 17.8. The van der Waals surface area contributed by atoms with Crippen LogP contribution in [0.4, 0.5) is 0 Å². The maximum Gasteiger partial charge on any atom is 0.341 e. The second-order valence-electron chi connectivity index (χ2n) is 22.7. The molecule has 1 aromatic rings. The van der Waals surface area contributed by atoms with E-state index in [-0.39, 0.29) is 63.2 Å². The number of benzene rings is 1. The van der Waals surface area contributed by atoms with E-state index in [0.29, 0.717) is 56.4 Å². The highest BCUT2D eigenvalue weighted by Crippen LogP contribution is 2.56. The van der Waals surface area contributed by atoms with Crippen molar-refractivity contribution in [3.8, 4) is 0 Å². The second kappa shape index (κ2) is 26.5. The third-order valence-corrected chi connectivity index (χ3v) is 17.3. The van der Waals surface area contributed by atoms with Gasteiger partial charge in [-0.1, -0.05) is 103 Å². The number of hydrogen-bond donors (Lipinski definition) is 7. The first-order chi connectivity index (χ1) is 36.5. The lowest BCUT2D eigenvalue weighted by Gasteiger charge is -2.73. The van der Waals surface area contributed by atoms with Crippen LogP contribution >= 0.6 is 0 Å². The van der Waals surface area contributed by atoms with Crippen LogP contribution in [-0.4, -0.2) is 161 Å². The molecule has 7 atom stereocenters. The zero-order valence-corrected chi connectivity index (χ0v) is 47.5. The number of carboxylic acid groups (broad SMARTS) is 1. The lowest BCUT2D eigenvalue weighted by atomic mass is 9.55. The smallest absolute Gasteiger partial charge is 0.341 e. The summed E-state index contributed by atoms with van der Waals surface area (Å²) in [6.07, 6.45) is 3.66. The maximum atomic E-state index is 17.8. The van der Waals surface area contributed by atoms with E-state index in [4.69, 9.17) is 0 Å². The van der Waals surface area contributed by atoms with E-state index in [9.17, 15) is 14.7 Å². The van der Waals surface area contributed by atoms with Crippen LogP contribution in [0.5, 0.6) is 0 Å². The molecule has 2 heterocycles. The van der Waals surface area contributed by atoms with Gasteiger partial charge in [-0.2, -0.15) is 0 Å². The van der Waals surface area contributed by atoms with Gasteiger partial charge in [-0.3, -0.25) is 64.0 Å². The minimum absolute atomic E-state index is 0.0376. The normalized spacial score (nSPS) is 24.5. The molecule has 20 heteroatoms. The van der Waals surface area contributed by atoms with Crippen LogP contribution in [0.2, 0.25) is 0 Å². The second-order valence-corrected chi connectivity index (χ2v) is 22.7. The van der Waals surface area contributed by atoms with Crippen molar-refractivity contribution in [3.63, 3.8) is 0 Å². The number of carboxylic acids is 1. The average molecular weight is 1080 g/mol. The van der Waals surface area contributed by atoms with Crippen LogP contribution in [0, 0.1) is 23.7 Å². The van der Waals surface area contributed by atoms with E-state index in [1.54, 1.807) is 13.8 Å². The van der Waals surface area contributed by atoms with Gasteiger partial charge in [0, 0.05) is 65.6 Å². The number of ketones is 4. The first-order valence-corrected chi connectivity index (χ1v) is 28.2. The molecule has 428 valence electrons. The number of likely N-dealkylation sites (tertiary alicyclic amines) is 1. The molecular weight excluding hydrogens is 987 g/mol. The topological polar surface area (TPSA) is 273 Å². The quantitative estimate of drug-likeness (QED) is 0.0430. The van der Waals surface area contributed by atoms with Gasteiger partial charge in [0.05, 0.1) is 6.04 Å². The summed E-state index contributed by atoms with van der Waals surface area (Å²) in [5.74, 6) is -12.7. The summed E-state index contributed by atoms with van der Waals surface area (Å²) >= 11 is 0. The molecule has 2 aliphatic carbocycles. The van der Waals surface area contributed by atoms with Crippen LogP contribution in [0.25, 0.3) is 0 Å². The summed E-state index contributed by atoms with van der Waals surface area (Å²) in [7, 11) is 7.99. The van der Waals surface area contributed by atoms with Crippen molar-refractivity contribution in [1.29, 1.82) is 0 Å². The minimum atomic E-state index is -3.36. The summed E-state index contributed by atoms with van der Waals surface area (Å²) < 4.78 is 0. The number of Topliss-reactive ketones (excluding diaryl/α,β-unsaturated/α-hetero) is 4. The van der Waals surface area contributed by atoms with E-state index < -0.39 is 124 Å². The van der Waals surface area contributed by atoms with Crippen LogP contribution in [0.3, 0.4) is 0 Å². The molecule has 20 nitrogen and oxygen atoms in total. The highest BCUT2D eigenvalue weighted by atomic mass is 16.4. The number of likely N-dealkylation sites (N-methyl/N-ethyl adjacent to an activating group) is 4. The Morgan fingerprint density at radius 3 is 1.96 bits per heavy atom. The molecule has 0 spiro atoms. The van der Waals surface area contributed by atoms with Gasteiger partial charge in [-0.25, -0.2) is 4.79 Å². The van der Waals surface area contributed by atoms with Crippen molar-refractivity contribution in [2.75, 3.05) is 48.8 Å². The van der Waals surface area contributed by atoms with Gasteiger partial charge in [0.15, 0.2) is 40.1 Å². The molecule has 0 radical (unpaired) electrons. The molecule has 4 fully saturated rings. The van der Waals surface area contributed by atoms with E-state index in [0.717, 1.165) is 23.3 Å². The van der Waals surface area contributed by atoms with Crippen molar-refractivity contribution in [1.82, 2.24) is 46.6 Å². The van der Waals surface area contributed by atoms with Gasteiger partial charge in [-0.15, -0.1) is 0 Å². The van der Waals surface area contributed by atoms with E-state index >= 15 is 38.4 Å². The number of nitrogens with one attached hydrogen (secondary N) is 6. The summed E-state index contributed by atoms with van der Waals surface area (Å²) in [4.78, 5) is 159. The predicted molar refractivity (Wildman–Crippen MR) is 289 cm³/mol. The van der Waals surface area contributed by atoms with Crippen LogP contribution in [-0.2, 0) is 54.4 Å². The van der Waals surface area contributed by atoms with Gasteiger partial charge in [0.1, 0.15) is 0 Å². The highest BCUT2D eigenvalue weighted by Gasteiger charge is 2.91. The Kier molecular flexibility index (Phi) is 21.5. The minimum Gasteiger partial charge on any atom is -0.479 e. The van der Waals surface area contributed by atoms with E-state index in [2.05, 4.69) is 31.9 Å². The molecule has 2 saturated carbocycles. The van der Waals surface area contributed by atoms with Gasteiger partial charge in [0.25, 0.3) is 5.91 Å². The van der Waals surface area contributed by atoms with E-state index in [1.165, 1.54) is 47.2 Å². The van der Waals surface area contributed by atoms with Gasteiger partial charge in [-0.05, 0) is 96.0 Å². The molecule has 7 N–H and O–H groups in total. The molecular formula is C57H89N9O11. The fourth-order valence-corrected chi connectivity index (χ4v) is 12.8. The van der Waals surface area contributed by atoms with E-state index in [1.807, 2.05) is 44.2 Å². The van der Waals surface area contributed by atoms with Crippen molar-refractivity contribution in [2.45, 2.75) is 190 Å². The van der Waals surface area contributed by atoms with Crippen molar-refractivity contribution < 1.29 is 53.1 Å². The van der Waals surface area contributed by atoms with Crippen LogP contribution < -0.4 is 31.9 Å². The molecule has 4 aliphatic rings. The number of carbonyl (C=O) groups is 10. The third-order valence-electron chi connectivity index (χ3n) is 17.3. The molecule has 2 saturated heterocycles. The number of aryl methyl sites for hydroxylation is 1. The number of hydrogen-bond acceptors (Lipinski definition) is 14. The molecule has 1 aromatic carbocycles. The summed E-state index contributed by atoms with van der Waals surface area (Å²) in [6, 6.07) is 8.35. The largest absolute Gasteiger partial charge is 0.479 e. The van der Waals surface area contributed by atoms with Crippen LogP contribution in [0.15, 0.2) is 30.3 Å². The predicted octanol–water partition coefficient (Wildman–Crippen LogP) is 3.39. The Bertz CT molecular complexity index is 2330. The molecule has 2 aliphatic heterocycles. The van der Waals surface area contributed by atoms with Crippen molar-refractivity contribution in [3.05, 3.63) is 35.9 Å². The standard InChI is InChI=1S/C57H89N9O11/c1-11-38(4)35-44(68)54(52(76)77)57(60-7,62-46(70)32-30-37(2)3)56(59-6,43(67)31-33-47(71)64(8)9)66(54)51(75)53(49(73)41-26-17-18-27-41,63-50(74)42-28-20-34-61-42)55(58-5,45(69)36-40-23-15-16-24-40)65(10)48(72)29-19-25-39-21-13-12-14-22-39/h12-14,21-22,37-38,40-42,58-61H,11,15-20,23-36H2,1-10H3,(H,62,70)(H,63,74)(H,76,77). The summed E-state index contributed by atoms with van der Waals surface area (Å²) in [5, 5.41) is 29.8. The molecule has 5 amide bonds. The molecule has 0 bridgehead atoms. The molecule has 5 rings (SSSR count). The van der Waals surface area contributed by atoms with Gasteiger partial charge < -0.3 is 30.9 Å². The number of nitrogens with zero attached hydrogens (tertiary/aromatic N) is 3. The molecule has 77 heavy (non-hydrogen) atoms. The fraction of sp³-hybridized carbons (Fsp3) is 0.719. The number of rotatable bonds is 30. The van der Waals surface area contributed by atoms with Crippen molar-refractivity contribution >= 4 is 58.6 Å². The first kappa shape index (κ1) is 62.4. The summed E-state index contributed by atoms with van der Waals surface area (Å²) in [6.45, 7) is 7.58. The highest BCUT2D eigenvalue weighted by molar-refractivity contribution is 6.26. The number of carbonyl (C=O) groups excluding carboxylic acids is 9. The Morgan fingerprint density at radius 1 is 0.792 bits per heavy atom. The monoisotopic (exact) mass is 1080 g/mol. The average Bonchev–Trinajstić information content (AvgIpc) is 4.30. The number of amides is 5. The Labute approximate surface area is 455 Å². The van der Waals surface area contributed by atoms with Crippen LogP contribution in [0.1, 0.15) is 155 Å². The third kappa shape index (κ3) is 11.5. The molecule has 7 unspecified atom stereocenters. The fourth-order valence-electron chi connectivity index (χ4n) is 12.8. The zero-order valence-electron chi connectivity index (χ0n) is 47.5. The lowest BCUT2D eigenvalue weighted by Crippen LogP contribution is -3.08. The van der Waals surface area contributed by atoms with Gasteiger partial charge >= 0.3 is 5.97 Å².